The van der Waals surface area contributed by atoms with Gasteiger partial charge in [0.15, 0.2) is 5.96 Å². The molecule has 2 fully saturated rings. The van der Waals surface area contributed by atoms with Crippen LogP contribution >= 0.6 is 24.0 Å². The van der Waals surface area contributed by atoms with Gasteiger partial charge in [-0.25, -0.2) is 0 Å². The van der Waals surface area contributed by atoms with Crippen molar-refractivity contribution in [3.8, 4) is 0 Å². The van der Waals surface area contributed by atoms with Crippen LogP contribution in [0.5, 0.6) is 0 Å². The quantitative estimate of drug-likeness (QED) is 0.222. The standard InChI is InChI=1S/C18H34N4O2.HI/c1-2-19-18(22-14-16-9-6-12-24-16)21-11-10-20-17(23)13-15-7-4-3-5-8-15;/h15-16H,2-14H2,1H3,(H,20,23)(H2,19,21,22);1H. The number of carbonyl (C=O) groups is 1. The molecule has 1 saturated carbocycles. The molecule has 1 heterocycles. The van der Waals surface area contributed by atoms with Gasteiger partial charge in [-0.15, -0.1) is 24.0 Å². The van der Waals surface area contributed by atoms with Crippen LogP contribution in [0, 0.1) is 5.92 Å². The summed E-state index contributed by atoms with van der Waals surface area (Å²) < 4.78 is 5.59. The van der Waals surface area contributed by atoms with E-state index in [9.17, 15) is 4.79 Å². The minimum absolute atomic E-state index is 0. The number of nitrogens with zero attached hydrogens (tertiary/aromatic N) is 1. The predicted octanol–water partition coefficient (Wildman–Crippen LogP) is 2.43. The van der Waals surface area contributed by atoms with Crippen LogP contribution in [0.2, 0.25) is 0 Å². The van der Waals surface area contributed by atoms with Crippen molar-refractivity contribution in [3.05, 3.63) is 0 Å². The van der Waals surface area contributed by atoms with Gasteiger partial charge in [-0.1, -0.05) is 19.3 Å². The largest absolute Gasteiger partial charge is 0.376 e. The van der Waals surface area contributed by atoms with Crippen LogP contribution in [-0.2, 0) is 9.53 Å². The zero-order chi connectivity index (χ0) is 17.0. The van der Waals surface area contributed by atoms with E-state index in [1.165, 1.54) is 32.1 Å². The zero-order valence-electron chi connectivity index (χ0n) is 15.5. The molecule has 1 unspecified atom stereocenters. The van der Waals surface area contributed by atoms with Crippen molar-refractivity contribution >= 4 is 35.8 Å². The summed E-state index contributed by atoms with van der Waals surface area (Å²) in [5.74, 6) is 1.58. The summed E-state index contributed by atoms with van der Waals surface area (Å²) in [6.07, 6.45) is 9.51. The third-order valence-corrected chi connectivity index (χ3v) is 4.76. The molecule has 0 aromatic rings. The summed E-state index contributed by atoms with van der Waals surface area (Å²) in [4.78, 5) is 16.5. The number of hydrogen-bond acceptors (Lipinski definition) is 3. The molecule has 1 saturated heterocycles. The highest BCUT2D eigenvalue weighted by Crippen LogP contribution is 2.25. The molecule has 1 amide bonds. The predicted molar refractivity (Wildman–Crippen MR) is 113 cm³/mol. The van der Waals surface area contributed by atoms with Crippen molar-refractivity contribution in [2.75, 3.05) is 32.8 Å². The highest BCUT2D eigenvalue weighted by atomic mass is 127. The van der Waals surface area contributed by atoms with Crippen LogP contribution in [0.4, 0.5) is 0 Å². The lowest BCUT2D eigenvalue weighted by Crippen LogP contribution is -2.42. The number of ether oxygens (including phenoxy) is 1. The van der Waals surface area contributed by atoms with Gasteiger partial charge < -0.3 is 20.7 Å². The number of rotatable bonds is 8. The molecule has 0 aromatic carbocycles. The SMILES string of the molecule is CCNC(=NCC1CCCO1)NCCNC(=O)CC1CCCCC1.I. The first-order valence-corrected chi connectivity index (χ1v) is 9.68. The highest BCUT2D eigenvalue weighted by molar-refractivity contribution is 14.0. The first-order chi connectivity index (χ1) is 11.8. The Morgan fingerprint density at radius 1 is 1.04 bits per heavy atom. The van der Waals surface area contributed by atoms with Gasteiger partial charge in [-0.3, -0.25) is 9.79 Å². The lowest BCUT2D eigenvalue weighted by Gasteiger charge is -2.20. The van der Waals surface area contributed by atoms with Crippen LogP contribution in [0.1, 0.15) is 58.3 Å². The van der Waals surface area contributed by atoms with Crippen LogP contribution in [0.25, 0.3) is 0 Å². The lowest BCUT2D eigenvalue weighted by molar-refractivity contribution is -0.122. The van der Waals surface area contributed by atoms with E-state index in [1.54, 1.807) is 0 Å². The van der Waals surface area contributed by atoms with Crippen LogP contribution in [0.3, 0.4) is 0 Å². The van der Waals surface area contributed by atoms with Crippen molar-refractivity contribution in [2.45, 2.75) is 64.4 Å². The van der Waals surface area contributed by atoms with E-state index in [4.69, 9.17) is 4.74 Å². The Morgan fingerprint density at radius 3 is 2.48 bits per heavy atom. The Balaban J connectivity index is 0.00000312. The summed E-state index contributed by atoms with van der Waals surface area (Å²) >= 11 is 0. The molecule has 0 spiro atoms. The fourth-order valence-corrected chi connectivity index (χ4v) is 3.43. The van der Waals surface area contributed by atoms with Gasteiger partial charge in [0, 0.05) is 32.7 Å². The molecular weight excluding hydrogens is 431 g/mol. The van der Waals surface area contributed by atoms with Crippen molar-refractivity contribution < 1.29 is 9.53 Å². The Morgan fingerprint density at radius 2 is 1.80 bits per heavy atom. The Bertz CT molecular complexity index is 395. The first kappa shape index (κ1) is 22.5. The lowest BCUT2D eigenvalue weighted by atomic mass is 9.87. The maximum atomic E-state index is 12.0. The van der Waals surface area contributed by atoms with Crippen molar-refractivity contribution in [2.24, 2.45) is 10.9 Å². The molecule has 2 aliphatic rings. The third-order valence-electron chi connectivity index (χ3n) is 4.76. The molecule has 1 aliphatic carbocycles. The summed E-state index contributed by atoms with van der Waals surface area (Å²) in [5, 5.41) is 9.52. The van der Waals surface area contributed by atoms with E-state index >= 15 is 0 Å². The molecule has 6 nitrogen and oxygen atoms in total. The Kier molecular flexibility index (Phi) is 12.2. The topological polar surface area (TPSA) is 74.8 Å². The second-order valence-electron chi connectivity index (χ2n) is 6.84. The normalized spacial score (nSPS) is 21.5. The number of amides is 1. The van der Waals surface area contributed by atoms with E-state index in [0.29, 0.717) is 32.0 Å². The van der Waals surface area contributed by atoms with E-state index in [2.05, 4.69) is 27.9 Å². The van der Waals surface area contributed by atoms with Crippen LogP contribution in [-0.4, -0.2) is 50.8 Å². The van der Waals surface area contributed by atoms with Crippen molar-refractivity contribution in [1.29, 1.82) is 0 Å². The van der Waals surface area contributed by atoms with Gasteiger partial charge in [0.25, 0.3) is 0 Å². The van der Waals surface area contributed by atoms with Crippen LogP contribution in [0.15, 0.2) is 4.99 Å². The number of carbonyl (C=O) groups excluding carboxylic acids is 1. The smallest absolute Gasteiger partial charge is 0.220 e. The molecule has 1 aliphatic heterocycles. The Labute approximate surface area is 169 Å². The summed E-state index contributed by atoms with van der Waals surface area (Å²) in [6.45, 7) is 5.75. The van der Waals surface area contributed by atoms with Gasteiger partial charge in [-0.2, -0.15) is 0 Å². The second kappa shape index (κ2) is 13.6. The molecule has 3 N–H and O–H groups in total. The first-order valence-electron chi connectivity index (χ1n) is 9.68. The summed E-state index contributed by atoms with van der Waals surface area (Å²) in [7, 11) is 0. The molecule has 1 atom stereocenters. The van der Waals surface area contributed by atoms with Gasteiger partial charge >= 0.3 is 0 Å². The van der Waals surface area contributed by atoms with Gasteiger partial charge in [0.2, 0.25) is 5.91 Å². The Hall–Kier alpha value is -0.570. The minimum atomic E-state index is 0. The van der Waals surface area contributed by atoms with Gasteiger partial charge in [0.1, 0.15) is 0 Å². The second-order valence-corrected chi connectivity index (χ2v) is 6.84. The molecule has 0 radical (unpaired) electrons. The fourth-order valence-electron chi connectivity index (χ4n) is 3.43. The number of halogens is 1. The van der Waals surface area contributed by atoms with E-state index < -0.39 is 0 Å². The molecule has 0 bridgehead atoms. The van der Waals surface area contributed by atoms with Crippen LogP contribution < -0.4 is 16.0 Å². The van der Waals surface area contributed by atoms with Gasteiger partial charge in [0.05, 0.1) is 12.6 Å². The monoisotopic (exact) mass is 466 g/mol. The summed E-state index contributed by atoms with van der Waals surface area (Å²) in [5.41, 5.74) is 0. The number of nitrogens with one attached hydrogen (secondary N) is 3. The molecule has 7 heteroatoms. The van der Waals surface area contributed by atoms with Crippen molar-refractivity contribution in [1.82, 2.24) is 16.0 Å². The summed E-state index contributed by atoms with van der Waals surface area (Å²) in [6, 6.07) is 0. The fraction of sp³-hybridized carbons (Fsp3) is 0.889. The third kappa shape index (κ3) is 9.63. The molecular formula is C18H35IN4O2. The van der Waals surface area contributed by atoms with E-state index in [-0.39, 0.29) is 36.0 Å². The van der Waals surface area contributed by atoms with Crippen molar-refractivity contribution in [3.63, 3.8) is 0 Å². The average molecular weight is 466 g/mol. The maximum Gasteiger partial charge on any atom is 0.220 e. The number of hydrogen-bond donors (Lipinski definition) is 3. The zero-order valence-corrected chi connectivity index (χ0v) is 17.8. The molecule has 25 heavy (non-hydrogen) atoms. The number of aliphatic imine (C=N–C) groups is 1. The molecule has 146 valence electrons. The average Bonchev–Trinajstić information content (AvgIpc) is 3.11. The maximum absolute atomic E-state index is 12.0. The highest BCUT2D eigenvalue weighted by Gasteiger charge is 2.17. The molecule has 2 rings (SSSR count). The number of guanidine groups is 1. The molecule has 0 aromatic heterocycles. The van der Waals surface area contributed by atoms with Gasteiger partial charge in [-0.05, 0) is 38.5 Å². The van der Waals surface area contributed by atoms with E-state index in [0.717, 1.165) is 32.0 Å². The minimum Gasteiger partial charge on any atom is -0.376 e. The van der Waals surface area contributed by atoms with E-state index in [1.807, 2.05) is 0 Å².